The van der Waals surface area contributed by atoms with Gasteiger partial charge in [-0.3, -0.25) is 9.80 Å². The van der Waals surface area contributed by atoms with E-state index in [0.29, 0.717) is 73.8 Å². The standard InChI is InChI=1S/C52H72N10O6/c1-5-17-45(47-55-51(59(3)57-47)53-27-15-33-65-43-21-13-19-39(35-43)37-61-29-9-7-10-30-61)67-49(63)41-23-25-42(26-24-41)50(64)68-46(18-6-2)48-56-52(60(4)58-48)54-28-16-34-66-44-22-14-20-40(36-44)38-62-31-11-8-12-32-62/h13-14,19-26,35-36,45-46H,5-12,15-18,27-34,37-38H2,1-4H3,(H,53,55,57)(H,54,56,58). The molecule has 0 radical (unpaired) electrons. The Hall–Kier alpha value is -6.00. The van der Waals surface area contributed by atoms with E-state index in [1.165, 1.54) is 49.7 Å². The number of nitrogens with zero attached hydrogens (tertiary/aromatic N) is 8. The third-order valence-electron chi connectivity index (χ3n) is 12.3. The maximum atomic E-state index is 13.4. The SMILES string of the molecule is CCCC(OC(=O)c1ccc(C(=O)OC(CCC)c2nc(NCCCOc3cccc(CN4CCCCC4)c3)n(C)n2)cc1)c1nc(NCCCOc2cccc(CN3CCCCC3)c2)n(C)n1. The van der Waals surface area contributed by atoms with Crippen LogP contribution in [0.5, 0.6) is 11.5 Å². The van der Waals surface area contributed by atoms with Crippen LogP contribution in [0.15, 0.2) is 72.8 Å². The van der Waals surface area contributed by atoms with Crippen LogP contribution in [0.25, 0.3) is 0 Å². The van der Waals surface area contributed by atoms with E-state index in [0.717, 1.165) is 76.5 Å². The maximum Gasteiger partial charge on any atom is 0.338 e. The Morgan fingerprint density at radius 1 is 0.588 bits per heavy atom. The molecule has 16 heteroatoms. The number of rotatable bonds is 26. The lowest BCUT2D eigenvalue weighted by atomic mass is 10.1. The van der Waals surface area contributed by atoms with E-state index in [1.807, 2.05) is 40.1 Å². The Morgan fingerprint density at radius 3 is 1.40 bits per heavy atom. The largest absolute Gasteiger partial charge is 0.494 e. The number of nitrogens with one attached hydrogen (secondary N) is 2. The molecule has 4 heterocycles. The number of anilines is 2. The molecule has 0 saturated carbocycles. The predicted molar refractivity (Wildman–Crippen MR) is 263 cm³/mol. The fourth-order valence-corrected chi connectivity index (χ4v) is 8.68. The first kappa shape index (κ1) is 49.9. The zero-order valence-corrected chi connectivity index (χ0v) is 40.7. The van der Waals surface area contributed by atoms with Crippen molar-refractivity contribution >= 4 is 23.8 Å². The highest BCUT2D eigenvalue weighted by Gasteiger charge is 2.25. The third-order valence-corrected chi connectivity index (χ3v) is 12.3. The summed E-state index contributed by atoms with van der Waals surface area (Å²) in [5, 5.41) is 15.9. The smallest absolute Gasteiger partial charge is 0.338 e. The van der Waals surface area contributed by atoms with E-state index in [2.05, 4.69) is 67.0 Å². The first-order valence-corrected chi connectivity index (χ1v) is 24.9. The van der Waals surface area contributed by atoms with Gasteiger partial charge in [-0.05, 0) is 137 Å². The molecule has 5 aromatic rings. The number of hydrogen-bond acceptors (Lipinski definition) is 14. The number of benzene rings is 3. The van der Waals surface area contributed by atoms with E-state index >= 15 is 0 Å². The Labute approximate surface area is 402 Å². The Kier molecular flexibility index (Phi) is 19.0. The molecule has 2 N–H and O–H groups in total. The zero-order valence-electron chi connectivity index (χ0n) is 40.7. The van der Waals surface area contributed by atoms with Gasteiger partial charge in [0.1, 0.15) is 11.5 Å². The summed E-state index contributed by atoms with van der Waals surface area (Å²) in [6.07, 6.45) is 10.6. The second kappa shape index (κ2) is 25.9. The van der Waals surface area contributed by atoms with Gasteiger partial charge in [0, 0.05) is 40.3 Å². The number of ether oxygens (including phenoxy) is 4. The van der Waals surface area contributed by atoms with Crippen molar-refractivity contribution in [1.82, 2.24) is 39.3 Å². The Morgan fingerprint density at radius 2 is 1.00 bits per heavy atom. The summed E-state index contributed by atoms with van der Waals surface area (Å²) in [7, 11) is 3.62. The molecule has 0 aliphatic carbocycles. The average molecular weight is 933 g/mol. The highest BCUT2D eigenvalue weighted by molar-refractivity contribution is 5.93. The molecule has 2 atom stereocenters. The minimum atomic E-state index is -0.648. The number of piperidine rings is 2. The molecule has 7 rings (SSSR count). The lowest BCUT2D eigenvalue weighted by Crippen LogP contribution is -2.29. The van der Waals surface area contributed by atoms with Crippen LogP contribution in [-0.4, -0.2) is 104 Å². The van der Waals surface area contributed by atoms with Crippen LogP contribution in [0, 0.1) is 0 Å². The van der Waals surface area contributed by atoms with Crippen molar-refractivity contribution in [3.63, 3.8) is 0 Å². The van der Waals surface area contributed by atoms with Crippen LogP contribution < -0.4 is 20.1 Å². The number of hydrogen-bond donors (Lipinski definition) is 2. The van der Waals surface area contributed by atoms with Gasteiger partial charge in [0.05, 0.1) is 24.3 Å². The predicted octanol–water partition coefficient (Wildman–Crippen LogP) is 9.07. The zero-order chi connectivity index (χ0) is 47.5. The molecule has 16 nitrogen and oxygen atoms in total. The molecule has 0 bridgehead atoms. The van der Waals surface area contributed by atoms with Crippen LogP contribution in [-0.2, 0) is 36.7 Å². The lowest BCUT2D eigenvalue weighted by molar-refractivity contribution is 0.0239. The van der Waals surface area contributed by atoms with Gasteiger partial charge in [0.2, 0.25) is 11.9 Å². The topological polar surface area (TPSA) is 163 Å². The van der Waals surface area contributed by atoms with E-state index in [9.17, 15) is 9.59 Å². The molecular formula is C52H72N10O6. The lowest BCUT2D eigenvalue weighted by Gasteiger charge is -2.26. The molecule has 0 amide bonds. The molecule has 2 saturated heterocycles. The number of likely N-dealkylation sites (tertiary alicyclic amines) is 2. The van der Waals surface area contributed by atoms with Crippen molar-refractivity contribution in [2.75, 3.05) is 63.1 Å². The van der Waals surface area contributed by atoms with Crippen molar-refractivity contribution in [3.05, 3.63) is 107 Å². The highest BCUT2D eigenvalue weighted by Crippen LogP contribution is 2.26. The molecule has 3 aromatic carbocycles. The minimum absolute atomic E-state index is 0.299. The van der Waals surface area contributed by atoms with Crippen molar-refractivity contribution in [3.8, 4) is 11.5 Å². The summed E-state index contributed by atoms with van der Waals surface area (Å²) in [4.78, 5) is 41.3. The van der Waals surface area contributed by atoms with Gasteiger partial charge in [-0.2, -0.15) is 20.2 Å². The summed E-state index contributed by atoms with van der Waals surface area (Å²) in [5.41, 5.74) is 3.16. The minimum Gasteiger partial charge on any atom is -0.494 e. The van der Waals surface area contributed by atoms with Crippen LogP contribution in [0.3, 0.4) is 0 Å². The Bertz CT molecular complexity index is 2160. The van der Waals surface area contributed by atoms with Crippen molar-refractivity contribution < 1.29 is 28.5 Å². The second-order valence-electron chi connectivity index (χ2n) is 18.0. The normalized spacial score (nSPS) is 15.4. The Balaban J connectivity index is 0.842. The molecule has 2 aliphatic rings. The van der Waals surface area contributed by atoms with Gasteiger partial charge >= 0.3 is 11.9 Å². The molecule has 366 valence electrons. The van der Waals surface area contributed by atoms with Gasteiger partial charge < -0.3 is 29.6 Å². The molecule has 2 fully saturated rings. The van der Waals surface area contributed by atoms with Gasteiger partial charge in [0.25, 0.3) is 0 Å². The molecule has 68 heavy (non-hydrogen) atoms. The van der Waals surface area contributed by atoms with Crippen LogP contribution in [0.4, 0.5) is 11.9 Å². The summed E-state index contributed by atoms with van der Waals surface area (Å²) < 4.78 is 27.4. The first-order chi connectivity index (χ1) is 33.2. The molecule has 2 aliphatic heterocycles. The number of aryl methyl sites for hydroxylation is 2. The maximum absolute atomic E-state index is 13.4. The molecular weight excluding hydrogens is 861 g/mol. The number of carbonyl (C=O) groups is 2. The van der Waals surface area contributed by atoms with Crippen LogP contribution in [0.2, 0.25) is 0 Å². The van der Waals surface area contributed by atoms with Gasteiger partial charge in [-0.1, -0.05) is 63.8 Å². The van der Waals surface area contributed by atoms with Gasteiger partial charge in [0.15, 0.2) is 23.9 Å². The fourth-order valence-electron chi connectivity index (χ4n) is 8.68. The number of esters is 2. The summed E-state index contributed by atoms with van der Waals surface area (Å²) >= 11 is 0. The quantitative estimate of drug-likeness (QED) is 0.0399. The van der Waals surface area contributed by atoms with E-state index in [4.69, 9.17) is 28.9 Å². The van der Waals surface area contributed by atoms with Crippen LogP contribution in [0.1, 0.15) is 147 Å². The number of carbonyl (C=O) groups excluding carboxylic acids is 2. The van der Waals surface area contributed by atoms with Gasteiger partial charge in [-0.15, -0.1) is 0 Å². The van der Waals surface area contributed by atoms with Crippen LogP contribution >= 0.6 is 0 Å². The van der Waals surface area contributed by atoms with Gasteiger partial charge in [-0.25, -0.2) is 19.0 Å². The van der Waals surface area contributed by atoms with Crippen molar-refractivity contribution in [2.45, 2.75) is 116 Å². The summed E-state index contributed by atoms with van der Waals surface area (Å²) in [6.45, 7) is 13.0. The monoisotopic (exact) mass is 933 g/mol. The number of aromatic nitrogens is 6. The highest BCUT2D eigenvalue weighted by atomic mass is 16.5. The first-order valence-electron chi connectivity index (χ1n) is 24.9. The fraction of sp³-hybridized carbons (Fsp3) is 0.538. The van der Waals surface area contributed by atoms with Crippen molar-refractivity contribution in [2.24, 2.45) is 14.1 Å². The molecule has 0 spiro atoms. The van der Waals surface area contributed by atoms with E-state index < -0.39 is 24.1 Å². The average Bonchev–Trinajstić information content (AvgIpc) is 3.92. The second-order valence-corrected chi connectivity index (χ2v) is 18.0. The third kappa shape index (κ3) is 15.0. The molecule has 2 unspecified atom stereocenters. The summed E-state index contributed by atoms with van der Waals surface area (Å²) in [6, 6.07) is 23.0. The van der Waals surface area contributed by atoms with E-state index in [1.54, 1.807) is 33.6 Å². The van der Waals surface area contributed by atoms with Crippen molar-refractivity contribution in [1.29, 1.82) is 0 Å². The van der Waals surface area contributed by atoms with E-state index in [-0.39, 0.29) is 0 Å². The summed E-state index contributed by atoms with van der Waals surface area (Å²) in [5.74, 6) is 2.71. The molecule has 2 aromatic heterocycles.